The number of thiophene rings is 1. The van der Waals surface area contributed by atoms with Crippen LogP contribution in [-0.2, 0) is 6.54 Å². The van der Waals surface area contributed by atoms with Crippen molar-refractivity contribution in [2.75, 3.05) is 0 Å². The van der Waals surface area contributed by atoms with E-state index in [9.17, 15) is 0 Å². The summed E-state index contributed by atoms with van der Waals surface area (Å²) in [7, 11) is 0. The second-order valence-electron chi connectivity index (χ2n) is 7.40. The number of hydrogen-bond donors (Lipinski definition) is 1. The lowest BCUT2D eigenvalue weighted by molar-refractivity contribution is 0.256. The molecule has 0 spiro atoms. The number of nitrogens with one attached hydrogen (secondary N) is 1. The number of aromatic nitrogens is 2. The highest BCUT2D eigenvalue weighted by Crippen LogP contribution is 2.52. The van der Waals surface area contributed by atoms with E-state index in [4.69, 9.17) is 4.42 Å². The lowest BCUT2D eigenvalue weighted by Crippen LogP contribution is -2.43. The monoisotopic (exact) mass is 317 g/mol. The van der Waals surface area contributed by atoms with Crippen molar-refractivity contribution in [3.05, 3.63) is 23.4 Å². The molecule has 0 aliphatic heterocycles. The molecule has 2 aliphatic carbocycles. The van der Waals surface area contributed by atoms with Crippen LogP contribution in [0.5, 0.6) is 0 Å². The van der Waals surface area contributed by atoms with E-state index in [0.29, 0.717) is 18.3 Å². The molecule has 0 radical (unpaired) electrons. The molecule has 0 aromatic carbocycles. The Balaban J connectivity index is 1.41. The highest BCUT2D eigenvalue weighted by molar-refractivity contribution is 7.13. The lowest BCUT2D eigenvalue weighted by Gasteiger charge is -2.32. The summed E-state index contributed by atoms with van der Waals surface area (Å²) >= 11 is 1.63. The molecule has 2 fully saturated rings. The smallest absolute Gasteiger partial charge is 0.257 e. The molecule has 2 aromatic rings. The Morgan fingerprint density at radius 1 is 1.32 bits per heavy atom. The number of nitrogens with zero attached hydrogens (tertiary/aromatic N) is 2. The van der Waals surface area contributed by atoms with Gasteiger partial charge in [-0.3, -0.25) is 0 Å². The fourth-order valence-corrected chi connectivity index (χ4v) is 4.78. The van der Waals surface area contributed by atoms with Gasteiger partial charge < -0.3 is 9.73 Å². The minimum Gasteiger partial charge on any atom is -0.419 e. The van der Waals surface area contributed by atoms with Crippen LogP contribution >= 0.6 is 11.3 Å². The summed E-state index contributed by atoms with van der Waals surface area (Å²) in [6.07, 6.45) is 5.37. The molecule has 1 N–H and O–H groups in total. The Hall–Kier alpha value is -1.20. The first kappa shape index (κ1) is 14.4. The van der Waals surface area contributed by atoms with E-state index in [-0.39, 0.29) is 5.54 Å². The SMILES string of the molecule is CC1CC2CC2CC(C)(NCc2nnc(-c3cccs3)o2)C1. The maximum Gasteiger partial charge on any atom is 0.257 e. The summed E-state index contributed by atoms with van der Waals surface area (Å²) < 4.78 is 5.79. The maximum absolute atomic E-state index is 5.79. The summed E-state index contributed by atoms with van der Waals surface area (Å²) in [5.41, 5.74) is 0.201. The molecule has 0 amide bonds. The van der Waals surface area contributed by atoms with Crippen molar-refractivity contribution in [1.82, 2.24) is 15.5 Å². The van der Waals surface area contributed by atoms with Gasteiger partial charge in [0.1, 0.15) is 0 Å². The molecule has 0 saturated heterocycles. The van der Waals surface area contributed by atoms with Crippen molar-refractivity contribution >= 4 is 11.3 Å². The Kier molecular flexibility index (Phi) is 3.57. The van der Waals surface area contributed by atoms with Crippen LogP contribution in [0, 0.1) is 17.8 Å². The van der Waals surface area contributed by atoms with Gasteiger partial charge in [0.05, 0.1) is 11.4 Å². The van der Waals surface area contributed by atoms with Gasteiger partial charge in [-0.2, -0.15) is 0 Å². The standard InChI is InChI=1S/C17H23N3OS/c1-11-6-12-7-13(12)9-17(2,8-11)18-10-15-19-20-16(21-15)14-4-3-5-22-14/h3-5,11-13,18H,6-10H2,1-2H3. The molecular weight excluding hydrogens is 294 g/mol. The van der Waals surface area contributed by atoms with Crippen LogP contribution in [0.15, 0.2) is 21.9 Å². The van der Waals surface area contributed by atoms with Gasteiger partial charge in [-0.15, -0.1) is 21.5 Å². The first-order valence-electron chi connectivity index (χ1n) is 8.23. The Morgan fingerprint density at radius 3 is 3.05 bits per heavy atom. The third kappa shape index (κ3) is 2.97. The fraction of sp³-hybridized carbons (Fsp3) is 0.647. The van der Waals surface area contributed by atoms with Gasteiger partial charge in [0, 0.05) is 5.54 Å². The van der Waals surface area contributed by atoms with E-state index in [2.05, 4.69) is 29.4 Å². The molecule has 2 saturated carbocycles. The summed E-state index contributed by atoms with van der Waals surface area (Å²) in [5.74, 6) is 4.06. The van der Waals surface area contributed by atoms with Crippen LogP contribution in [0.1, 0.15) is 45.4 Å². The lowest BCUT2D eigenvalue weighted by atomic mass is 9.86. The highest BCUT2D eigenvalue weighted by atomic mass is 32.1. The van der Waals surface area contributed by atoms with E-state index in [1.54, 1.807) is 11.3 Å². The van der Waals surface area contributed by atoms with Gasteiger partial charge in [0.15, 0.2) is 0 Å². The molecule has 5 heteroatoms. The Morgan fingerprint density at radius 2 is 2.23 bits per heavy atom. The third-order valence-corrected chi connectivity index (χ3v) is 6.01. The van der Waals surface area contributed by atoms with Crippen LogP contribution in [-0.4, -0.2) is 15.7 Å². The molecule has 22 heavy (non-hydrogen) atoms. The normalized spacial score (nSPS) is 34.2. The molecule has 4 unspecified atom stereocenters. The zero-order valence-corrected chi connectivity index (χ0v) is 14.0. The zero-order chi connectivity index (χ0) is 15.2. The third-order valence-electron chi connectivity index (χ3n) is 5.15. The minimum absolute atomic E-state index is 0.201. The molecule has 4 nitrogen and oxygen atoms in total. The highest BCUT2D eigenvalue weighted by Gasteiger charge is 2.46. The largest absolute Gasteiger partial charge is 0.419 e. The van der Waals surface area contributed by atoms with Crippen molar-refractivity contribution in [3.8, 4) is 10.8 Å². The van der Waals surface area contributed by atoms with Crippen LogP contribution in [0.2, 0.25) is 0 Å². The van der Waals surface area contributed by atoms with E-state index >= 15 is 0 Å². The maximum atomic E-state index is 5.79. The van der Waals surface area contributed by atoms with Crippen LogP contribution < -0.4 is 5.32 Å². The fourth-order valence-electron chi connectivity index (χ4n) is 4.14. The van der Waals surface area contributed by atoms with Crippen molar-refractivity contribution in [2.45, 2.75) is 51.6 Å². The van der Waals surface area contributed by atoms with Gasteiger partial charge >= 0.3 is 0 Å². The quantitative estimate of drug-likeness (QED) is 0.922. The van der Waals surface area contributed by atoms with Crippen molar-refractivity contribution in [2.24, 2.45) is 17.8 Å². The van der Waals surface area contributed by atoms with Crippen LogP contribution in [0.25, 0.3) is 10.8 Å². The average molecular weight is 317 g/mol. The van der Waals surface area contributed by atoms with E-state index < -0.39 is 0 Å². The summed E-state index contributed by atoms with van der Waals surface area (Å²) in [6.45, 7) is 5.42. The second-order valence-corrected chi connectivity index (χ2v) is 8.35. The van der Waals surface area contributed by atoms with Crippen molar-refractivity contribution in [3.63, 3.8) is 0 Å². The predicted molar refractivity (Wildman–Crippen MR) is 87.5 cm³/mol. The second kappa shape index (κ2) is 5.46. The molecule has 2 heterocycles. The number of rotatable bonds is 4. The van der Waals surface area contributed by atoms with Gasteiger partial charge in [-0.1, -0.05) is 13.0 Å². The molecule has 2 aliphatic rings. The van der Waals surface area contributed by atoms with Crippen LogP contribution in [0.3, 0.4) is 0 Å². The summed E-state index contributed by atoms with van der Waals surface area (Å²) in [4.78, 5) is 1.04. The summed E-state index contributed by atoms with van der Waals surface area (Å²) in [5, 5.41) is 14.1. The van der Waals surface area contributed by atoms with Crippen LogP contribution in [0.4, 0.5) is 0 Å². The van der Waals surface area contributed by atoms with E-state index in [1.807, 2.05) is 17.5 Å². The predicted octanol–water partition coefficient (Wildman–Crippen LogP) is 4.10. The Bertz CT molecular complexity index is 634. The van der Waals surface area contributed by atoms with Gasteiger partial charge in [-0.25, -0.2) is 0 Å². The number of fused-ring (bicyclic) bond motifs is 1. The average Bonchev–Trinajstić information content (AvgIpc) is 2.94. The molecule has 4 rings (SSSR count). The molecule has 118 valence electrons. The first-order chi connectivity index (χ1) is 10.6. The Labute approximate surface area is 135 Å². The van der Waals surface area contributed by atoms with Gasteiger partial charge in [0.25, 0.3) is 5.89 Å². The minimum atomic E-state index is 0.201. The van der Waals surface area contributed by atoms with Crippen molar-refractivity contribution < 1.29 is 4.42 Å². The van der Waals surface area contributed by atoms with E-state index in [1.165, 1.54) is 25.7 Å². The number of hydrogen-bond acceptors (Lipinski definition) is 5. The van der Waals surface area contributed by atoms with Gasteiger partial charge in [0.2, 0.25) is 5.89 Å². The van der Waals surface area contributed by atoms with E-state index in [0.717, 1.165) is 22.6 Å². The van der Waals surface area contributed by atoms with Crippen molar-refractivity contribution in [1.29, 1.82) is 0 Å². The molecule has 0 bridgehead atoms. The first-order valence-corrected chi connectivity index (χ1v) is 9.10. The molecule has 2 aromatic heterocycles. The topological polar surface area (TPSA) is 51.0 Å². The zero-order valence-electron chi connectivity index (χ0n) is 13.2. The molecule has 4 atom stereocenters. The summed E-state index contributed by atoms with van der Waals surface area (Å²) in [6, 6.07) is 4.01. The molecular formula is C17H23N3OS. The van der Waals surface area contributed by atoms with Gasteiger partial charge in [-0.05, 0) is 61.8 Å².